The van der Waals surface area contributed by atoms with Gasteiger partial charge in [-0.05, 0) is 59.8 Å². The third-order valence-corrected chi connectivity index (χ3v) is 5.63. The summed E-state index contributed by atoms with van der Waals surface area (Å²) in [7, 11) is 2.87. The molecule has 0 unspecified atom stereocenters. The molecule has 0 saturated carbocycles. The molecule has 12 heteroatoms. The molecule has 0 spiro atoms. The standard InChI is InChI=1S/C22H19ClN2O8S/c1-31-14-5-3-13(4-6-14)24-18(26)10-25-21(29)17(34-22(25)30)9-12-7-15(23)20(16(8-12)32-2)33-11-19(27)28/h3-9H,10-11H2,1-2H3,(H,24,26)(H,27,28)/b17-9+. The molecule has 1 saturated heterocycles. The van der Waals surface area contributed by atoms with Crippen molar-refractivity contribution in [1.82, 2.24) is 4.90 Å². The second-order valence-electron chi connectivity index (χ2n) is 6.76. The highest BCUT2D eigenvalue weighted by molar-refractivity contribution is 8.18. The molecule has 1 aliphatic rings. The first-order chi connectivity index (χ1) is 16.2. The van der Waals surface area contributed by atoms with Crippen LogP contribution >= 0.6 is 23.4 Å². The number of carbonyl (C=O) groups is 4. The summed E-state index contributed by atoms with van der Waals surface area (Å²) < 4.78 is 15.4. The summed E-state index contributed by atoms with van der Waals surface area (Å²) in [5.74, 6) is -1.57. The maximum atomic E-state index is 12.7. The van der Waals surface area contributed by atoms with E-state index in [1.54, 1.807) is 24.3 Å². The fraction of sp³-hybridized carbons (Fsp3) is 0.182. The lowest BCUT2D eigenvalue weighted by atomic mass is 10.1. The molecule has 178 valence electrons. The number of halogens is 1. The van der Waals surface area contributed by atoms with E-state index in [-0.39, 0.29) is 21.4 Å². The average molecular weight is 507 g/mol. The molecule has 1 aliphatic heterocycles. The number of methoxy groups -OCH3 is 2. The summed E-state index contributed by atoms with van der Waals surface area (Å²) in [6.45, 7) is -1.08. The number of anilines is 1. The Kier molecular flexibility index (Phi) is 8.03. The number of thioether (sulfide) groups is 1. The Labute approximate surface area is 203 Å². The first-order valence-corrected chi connectivity index (χ1v) is 10.8. The van der Waals surface area contributed by atoms with Gasteiger partial charge in [0.1, 0.15) is 12.3 Å². The number of hydrogen-bond donors (Lipinski definition) is 2. The zero-order chi connectivity index (χ0) is 24.8. The molecule has 2 aromatic rings. The smallest absolute Gasteiger partial charge is 0.341 e. The zero-order valence-corrected chi connectivity index (χ0v) is 19.6. The van der Waals surface area contributed by atoms with Crippen LogP contribution < -0.4 is 19.5 Å². The molecule has 0 radical (unpaired) electrons. The number of ether oxygens (including phenoxy) is 3. The summed E-state index contributed by atoms with van der Waals surface area (Å²) in [5.41, 5.74) is 0.901. The highest BCUT2D eigenvalue weighted by Gasteiger charge is 2.36. The lowest BCUT2D eigenvalue weighted by Crippen LogP contribution is -2.36. The summed E-state index contributed by atoms with van der Waals surface area (Å²) in [6, 6.07) is 9.50. The molecular weight excluding hydrogens is 488 g/mol. The van der Waals surface area contributed by atoms with Crippen LogP contribution in [0.2, 0.25) is 5.02 Å². The van der Waals surface area contributed by atoms with E-state index in [9.17, 15) is 19.2 Å². The molecule has 34 heavy (non-hydrogen) atoms. The van der Waals surface area contributed by atoms with Crippen molar-refractivity contribution in [3.63, 3.8) is 0 Å². The van der Waals surface area contributed by atoms with Gasteiger partial charge >= 0.3 is 5.97 Å². The number of benzene rings is 2. The van der Waals surface area contributed by atoms with E-state index in [2.05, 4.69) is 5.32 Å². The Hall–Kier alpha value is -3.70. The maximum absolute atomic E-state index is 12.7. The van der Waals surface area contributed by atoms with Gasteiger partial charge in [0.25, 0.3) is 11.1 Å². The van der Waals surface area contributed by atoms with E-state index in [0.29, 0.717) is 28.8 Å². The number of carboxylic acids is 1. The predicted octanol–water partition coefficient (Wildman–Crippen LogP) is 3.50. The van der Waals surface area contributed by atoms with Crippen molar-refractivity contribution >= 4 is 58.1 Å². The number of carbonyl (C=O) groups excluding carboxylic acids is 3. The Bertz CT molecular complexity index is 1170. The summed E-state index contributed by atoms with van der Waals surface area (Å²) in [5, 5.41) is 10.9. The van der Waals surface area contributed by atoms with Crippen LogP contribution in [0.25, 0.3) is 6.08 Å². The molecular formula is C22H19ClN2O8S. The molecule has 0 bridgehead atoms. The van der Waals surface area contributed by atoms with Gasteiger partial charge in [0.05, 0.1) is 24.1 Å². The second kappa shape index (κ2) is 10.9. The van der Waals surface area contributed by atoms with Crippen LogP contribution in [0.3, 0.4) is 0 Å². The van der Waals surface area contributed by atoms with E-state index >= 15 is 0 Å². The van der Waals surface area contributed by atoms with Gasteiger partial charge < -0.3 is 24.6 Å². The fourth-order valence-electron chi connectivity index (χ4n) is 2.90. The van der Waals surface area contributed by atoms with Gasteiger partial charge in [0, 0.05) is 5.69 Å². The SMILES string of the molecule is COc1ccc(NC(=O)CN2C(=O)S/C(=C/c3cc(Cl)c(OCC(=O)O)c(OC)c3)C2=O)cc1. The minimum Gasteiger partial charge on any atom is -0.497 e. The van der Waals surface area contributed by atoms with Crippen molar-refractivity contribution in [2.24, 2.45) is 0 Å². The summed E-state index contributed by atoms with van der Waals surface area (Å²) >= 11 is 6.86. The monoisotopic (exact) mass is 506 g/mol. The van der Waals surface area contributed by atoms with Crippen molar-refractivity contribution in [3.05, 3.63) is 51.9 Å². The van der Waals surface area contributed by atoms with Gasteiger partial charge in [-0.1, -0.05) is 11.6 Å². The largest absolute Gasteiger partial charge is 0.497 e. The van der Waals surface area contributed by atoms with E-state index in [4.69, 9.17) is 30.9 Å². The van der Waals surface area contributed by atoms with Gasteiger partial charge in [-0.15, -0.1) is 0 Å². The maximum Gasteiger partial charge on any atom is 0.341 e. The van der Waals surface area contributed by atoms with Crippen LogP contribution in [-0.2, 0) is 14.4 Å². The normalized spacial score (nSPS) is 14.3. The minimum atomic E-state index is -1.19. The van der Waals surface area contributed by atoms with Crippen LogP contribution in [0.4, 0.5) is 10.5 Å². The Balaban J connectivity index is 1.72. The quantitative estimate of drug-likeness (QED) is 0.490. The van der Waals surface area contributed by atoms with Crippen LogP contribution in [0, 0.1) is 0 Å². The summed E-state index contributed by atoms with van der Waals surface area (Å²) in [6.07, 6.45) is 1.42. The molecule has 0 aliphatic carbocycles. The molecule has 3 rings (SSSR count). The molecule has 10 nitrogen and oxygen atoms in total. The van der Waals surface area contributed by atoms with Gasteiger partial charge in [0.2, 0.25) is 5.91 Å². The van der Waals surface area contributed by atoms with Gasteiger partial charge in [-0.2, -0.15) is 0 Å². The Morgan fingerprint density at radius 3 is 2.47 bits per heavy atom. The van der Waals surface area contributed by atoms with Crippen LogP contribution in [0.1, 0.15) is 5.56 Å². The van der Waals surface area contributed by atoms with Crippen molar-refractivity contribution in [2.45, 2.75) is 0 Å². The average Bonchev–Trinajstić information content (AvgIpc) is 3.05. The van der Waals surface area contributed by atoms with Crippen LogP contribution in [0.15, 0.2) is 41.3 Å². The predicted molar refractivity (Wildman–Crippen MR) is 125 cm³/mol. The molecule has 1 heterocycles. The lowest BCUT2D eigenvalue weighted by molar-refractivity contribution is -0.139. The lowest BCUT2D eigenvalue weighted by Gasteiger charge is -2.13. The van der Waals surface area contributed by atoms with Crippen molar-refractivity contribution < 1.29 is 38.5 Å². The van der Waals surface area contributed by atoms with Crippen molar-refractivity contribution in [1.29, 1.82) is 0 Å². The zero-order valence-electron chi connectivity index (χ0n) is 18.0. The third kappa shape index (κ3) is 6.00. The molecule has 1 fully saturated rings. The van der Waals surface area contributed by atoms with Gasteiger partial charge in [-0.25, -0.2) is 4.79 Å². The number of nitrogens with zero attached hydrogens (tertiary/aromatic N) is 1. The number of hydrogen-bond acceptors (Lipinski definition) is 8. The number of amides is 3. The van der Waals surface area contributed by atoms with Crippen molar-refractivity contribution in [3.8, 4) is 17.2 Å². The highest BCUT2D eigenvalue weighted by Crippen LogP contribution is 2.39. The number of nitrogens with one attached hydrogen (secondary N) is 1. The van der Waals surface area contributed by atoms with Crippen LogP contribution in [-0.4, -0.2) is 60.4 Å². The molecule has 0 atom stereocenters. The Morgan fingerprint density at radius 1 is 1.15 bits per heavy atom. The van der Waals surface area contributed by atoms with Crippen LogP contribution in [0.5, 0.6) is 17.2 Å². The number of carboxylic acid groups (broad SMARTS) is 1. The Morgan fingerprint density at radius 2 is 1.85 bits per heavy atom. The molecule has 3 amide bonds. The van der Waals surface area contributed by atoms with Gasteiger partial charge in [-0.3, -0.25) is 19.3 Å². The minimum absolute atomic E-state index is 0.0343. The van der Waals surface area contributed by atoms with E-state index in [1.165, 1.54) is 32.4 Å². The number of aliphatic carboxylic acids is 1. The molecule has 0 aromatic heterocycles. The number of rotatable bonds is 9. The first kappa shape index (κ1) is 24.9. The first-order valence-electron chi connectivity index (χ1n) is 9.63. The topological polar surface area (TPSA) is 131 Å². The second-order valence-corrected chi connectivity index (χ2v) is 8.16. The number of imide groups is 1. The molecule has 2 N–H and O–H groups in total. The van der Waals surface area contributed by atoms with Gasteiger partial charge in [0.15, 0.2) is 18.1 Å². The van der Waals surface area contributed by atoms with E-state index in [1.807, 2.05) is 0 Å². The van der Waals surface area contributed by atoms with E-state index in [0.717, 1.165) is 4.90 Å². The fourth-order valence-corrected chi connectivity index (χ4v) is 4.02. The molecule has 2 aromatic carbocycles. The third-order valence-electron chi connectivity index (χ3n) is 4.44. The highest BCUT2D eigenvalue weighted by atomic mass is 35.5. The van der Waals surface area contributed by atoms with E-state index < -0.39 is 36.2 Å². The van der Waals surface area contributed by atoms with Crippen molar-refractivity contribution in [2.75, 3.05) is 32.7 Å². The summed E-state index contributed by atoms with van der Waals surface area (Å²) in [4.78, 5) is 49.1.